The first-order valence-electron chi connectivity index (χ1n) is 8.89. The Bertz CT molecular complexity index is 928. The van der Waals surface area contributed by atoms with Crippen LogP contribution >= 0.6 is 0 Å². The molecule has 7 nitrogen and oxygen atoms in total. The van der Waals surface area contributed by atoms with Crippen molar-refractivity contribution in [3.8, 4) is 11.3 Å². The topological polar surface area (TPSA) is 73.7 Å². The molecule has 0 N–H and O–H groups in total. The summed E-state index contributed by atoms with van der Waals surface area (Å²) in [6, 6.07) is 9.87. The number of nitrogens with zero attached hydrogens (tertiary/aromatic N) is 3. The first-order chi connectivity index (χ1) is 14.5. The molecule has 0 amide bonds. The molecular weight excluding hydrogens is 436 g/mol. The summed E-state index contributed by atoms with van der Waals surface area (Å²) in [5.74, 6) is -5.25. The summed E-state index contributed by atoms with van der Waals surface area (Å²) >= 11 is 0. The van der Waals surface area contributed by atoms with E-state index in [1.807, 2.05) is 0 Å². The highest BCUT2D eigenvalue weighted by Crippen LogP contribution is 2.33. The lowest BCUT2D eigenvalue weighted by atomic mass is 10.0. The molecule has 31 heavy (non-hydrogen) atoms. The van der Waals surface area contributed by atoms with E-state index in [0.29, 0.717) is 10.8 Å². The summed E-state index contributed by atoms with van der Waals surface area (Å²) in [5, 5.41) is 4.44. The van der Waals surface area contributed by atoms with Gasteiger partial charge in [-0.05, 0) is 18.1 Å². The predicted octanol–water partition coefficient (Wildman–Crippen LogP) is 3.64. The van der Waals surface area contributed by atoms with Gasteiger partial charge in [0.1, 0.15) is 0 Å². The summed E-state index contributed by atoms with van der Waals surface area (Å²) in [5.41, 5.74) is 1.35. The lowest BCUT2D eigenvalue weighted by Gasteiger charge is -2.37. The van der Waals surface area contributed by atoms with E-state index in [0.717, 1.165) is 5.56 Å². The fraction of sp³-hybridized carbons (Fsp3) is 0.389. The number of hydrogen-bond acceptors (Lipinski definition) is 6. The van der Waals surface area contributed by atoms with Crippen molar-refractivity contribution in [2.75, 3.05) is 6.54 Å². The highest BCUT2D eigenvalue weighted by atomic mass is 19.4. The highest BCUT2D eigenvalue weighted by molar-refractivity contribution is 5.76. The van der Waals surface area contributed by atoms with Gasteiger partial charge in [-0.3, -0.25) is 4.68 Å². The molecule has 2 atom stereocenters. The van der Waals surface area contributed by atoms with Gasteiger partial charge in [-0.15, -0.1) is 0 Å². The molecule has 0 radical (unpaired) electrons. The molecular formula is C18H15F6N3O4. The predicted molar refractivity (Wildman–Crippen MR) is 90.7 cm³/mol. The molecule has 1 saturated heterocycles. The van der Waals surface area contributed by atoms with Crippen LogP contribution in [0.4, 0.5) is 26.3 Å². The molecule has 0 aliphatic carbocycles. The van der Waals surface area contributed by atoms with E-state index >= 15 is 0 Å². The number of alkyl halides is 6. The Labute approximate surface area is 171 Å². The minimum Gasteiger partial charge on any atom is -0.437 e. The van der Waals surface area contributed by atoms with E-state index in [1.165, 1.54) is 10.9 Å². The van der Waals surface area contributed by atoms with E-state index in [1.54, 1.807) is 36.4 Å². The fourth-order valence-electron chi connectivity index (χ4n) is 3.11. The van der Waals surface area contributed by atoms with Crippen LogP contribution in [0.5, 0.6) is 0 Å². The number of rotatable bonds is 4. The number of esters is 1. The maximum absolute atomic E-state index is 12.6. The first kappa shape index (κ1) is 22.6. The second kappa shape index (κ2) is 8.57. The average Bonchev–Trinajstić information content (AvgIpc) is 3.18. The van der Waals surface area contributed by atoms with Gasteiger partial charge in [0.25, 0.3) is 0 Å². The second-order valence-corrected chi connectivity index (χ2v) is 6.58. The number of carbonyl (C=O) groups is 2. The van der Waals surface area contributed by atoms with Gasteiger partial charge in [0, 0.05) is 19.2 Å². The third-order valence-corrected chi connectivity index (χ3v) is 4.47. The van der Waals surface area contributed by atoms with Gasteiger partial charge in [0.15, 0.2) is 6.23 Å². The van der Waals surface area contributed by atoms with Crippen LogP contribution in [0, 0.1) is 0 Å². The number of aromatic nitrogens is 2. The summed E-state index contributed by atoms with van der Waals surface area (Å²) < 4.78 is 81.3. The minimum absolute atomic E-state index is 0.0622. The van der Waals surface area contributed by atoms with Crippen LogP contribution in [0.2, 0.25) is 0 Å². The number of benzene rings is 1. The number of hydrogen-bond donors (Lipinski definition) is 0. The summed E-state index contributed by atoms with van der Waals surface area (Å²) in [7, 11) is 0. The van der Waals surface area contributed by atoms with Gasteiger partial charge in [-0.1, -0.05) is 35.4 Å². The quantitative estimate of drug-likeness (QED) is 0.522. The molecule has 3 rings (SSSR count). The Morgan fingerprint density at radius 2 is 1.61 bits per heavy atom. The number of ether oxygens (including phenoxy) is 1. The molecule has 168 valence electrons. The molecule has 0 saturated carbocycles. The van der Waals surface area contributed by atoms with E-state index in [2.05, 4.69) is 14.7 Å². The lowest BCUT2D eigenvalue weighted by Crippen LogP contribution is -2.49. The van der Waals surface area contributed by atoms with Gasteiger partial charge in [-0.2, -0.15) is 31.4 Å². The lowest BCUT2D eigenvalue weighted by molar-refractivity contribution is -0.286. The van der Waals surface area contributed by atoms with Gasteiger partial charge in [-0.25, -0.2) is 9.59 Å². The Morgan fingerprint density at radius 3 is 2.23 bits per heavy atom. The maximum atomic E-state index is 12.6. The smallest absolute Gasteiger partial charge is 0.437 e. The molecule has 1 aliphatic rings. The van der Waals surface area contributed by atoms with Crippen LogP contribution in [-0.2, 0) is 19.2 Å². The largest absolute Gasteiger partial charge is 0.492 e. The molecule has 0 spiro atoms. The first-order valence-corrected chi connectivity index (χ1v) is 8.89. The van der Waals surface area contributed by atoms with Gasteiger partial charge in [0.05, 0.1) is 11.7 Å². The number of halogens is 6. The third-order valence-electron chi connectivity index (χ3n) is 4.47. The van der Waals surface area contributed by atoms with Crippen LogP contribution in [0.25, 0.3) is 11.3 Å². The molecule has 2 heterocycles. The van der Waals surface area contributed by atoms with Crippen LogP contribution < -0.4 is 0 Å². The maximum Gasteiger partial charge on any atom is 0.492 e. The Hall–Kier alpha value is -3.09. The van der Waals surface area contributed by atoms with Crippen molar-refractivity contribution in [2.24, 2.45) is 0 Å². The molecule has 13 heteroatoms. The van der Waals surface area contributed by atoms with E-state index < -0.39 is 49.5 Å². The van der Waals surface area contributed by atoms with Crippen molar-refractivity contribution in [3.63, 3.8) is 0 Å². The molecule has 0 bridgehead atoms. The third kappa shape index (κ3) is 5.34. The van der Waals surface area contributed by atoms with E-state index in [4.69, 9.17) is 0 Å². The molecule has 2 aromatic rings. The minimum atomic E-state index is -5.38. The van der Waals surface area contributed by atoms with Crippen molar-refractivity contribution >= 4 is 11.9 Å². The molecule has 1 aromatic carbocycles. The highest BCUT2D eigenvalue weighted by Gasteiger charge is 2.48. The fourth-order valence-corrected chi connectivity index (χ4v) is 3.11. The van der Waals surface area contributed by atoms with E-state index in [9.17, 15) is 35.9 Å². The number of carbonyl (C=O) groups excluding carboxylic acids is 2. The SMILES string of the molecule is O=C(OC1CC(n2nccc2-c2ccccc2)CCN1OC(=O)C(F)(F)F)C(F)(F)F. The van der Waals surface area contributed by atoms with Crippen LogP contribution in [0.3, 0.4) is 0 Å². The zero-order valence-electron chi connectivity index (χ0n) is 15.6. The van der Waals surface area contributed by atoms with Crippen LogP contribution in [0.1, 0.15) is 18.9 Å². The zero-order valence-corrected chi connectivity index (χ0v) is 15.6. The Kier molecular flexibility index (Phi) is 6.25. The molecule has 1 aromatic heterocycles. The van der Waals surface area contributed by atoms with Crippen molar-refractivity contribution in [1.82, 2.24) is 14.8 Å². The van der Waals surface area contributed by atoms with Gasteiger partial charge in [0.2, 0.25) is 0 Å². The second-order valence-electron chi connectivity index (χ2n) is 6.58. The van der Waals surface area contributed by atoms with E-state index in [-0.39, 0.29) is 6.42 Å². The zero-order chi connectivity index (χ0) is 22.8. The Morgan fingerprint density at radius 1 is 0.968 bits per heavy atom. The van der Waals surface area contributed by atoms with Crippen molar-refractivity contribution in [3.05, 3.63) is 42.6 Å². The molecule has 1 fully saturated rings. The standard InChI is InChI=1S/C18H15F6N3O4/c19-17(20,21)15(28)30-14-10-12(7-9-26(14)31-16(29)18(22,23)24)27-13(6-8-25-27)11-4-2-1-3-5-11/h1-6,8,12,14H,7,9-10H2. The molecule has 1 aliphatic heterocycles. The van der Waals surface area contributed by atoms with Crippen LogP contribution in [0.15, 0.2) is 42.6 Å². The van der Waals surface area contributed by atoms with Gasteiger partial charge < -0.3 is 9.57 Å². The van der Waals surface area contributed by atoms with Crippen molar-refractivity contribution in [2.45, 2.75) is 37.5 Å². The summed E-state index contributed by atoms with van der Waals surface area (Å²) in [6.45, 7) is -0.420. The molecule has 2 unspecified atom stereocenters. The number of hydroxylamine groups is 2. The van der Waals surface area contributed by atoms with Crippen molar-refractivity contribution < 1.29 is 45.5 Å². The van der Waals surface area contributed by atoms with Crippen molar-refractivity contribution in [1.29, 1.82) is 0 Å². The average molecular weight is 451 g/mol. The van der Waals surface area contributed by atoms with Crippen LogP contribution in [-0.4, -0.2) is 51.9 Å². The normalized spacial score (nSPS) is 20.3. The number of piperidine rings is 1. The Balaban J connectivity index is 1.84. The monoisotopic (exact) mass is 451 g/mol. The van der Waals surface area contributed by atoms with Gasteiger partial charge >= 0.3 is 24.3 Å². The summed E-state index contributed by atoms with van der Waals surface area (Å²) in [4.78, 5) is 26.6. The summed E-state index contributed by atoms with van der Waals surface area (Å²) in [6.07, 6.45) is -11.5.